The minimum atomic E-state index is -1.73. The van der Waals surface area contributed by atoms with Crippen molar-refractivity contribution in [3.63, 3.8) is 0 Å². The van der Waals surface area contributed by atoms with Crippen molar-refractivity contribution >= 4 is 36.3 Å². The fraction of sp³-hybridized carbons (Fsp3) is 0.273. The smallest absolute Gasteiger partial charge is 0.0622 e. The molecular formula is C44H46P2+2. The average molecular weight is 637 g/mol. The zero-order chi connectivity index (χ0) is 31.9. The van der Waals surface area contributed by atoms with Gasteiger partial charge in [-0.25, -0.2) is 0 Å². The topological polar surface area (TPSA) is 0 Å². The van der Waals surface area contributed by atoms with E-state index in [0.29, 0.717) is 0 Å². The first-order chi connectivity index (χ1) is 22.3. The van der Waals surface area contributed by atoms with E-state index in [2.05, 4.69) is 163 Å². The van der Waals surface area contributed by atoms with Gasteiger partial charge in [0, 0.05) is 22.3 Å². The lowest BCUT2D eigenvalue weighted by Gasteiger charge is -2.35. The van der Waals surface area contributed by atoms with Crippen LogP contribution in [0.1, 0.15) is 63.8 Å². The van der Waals surface area contributed by atoms with Crippen LogP contribution < -0.4 is 0 Å². The fourth-order valence-electron chi connectivity index (χ4n) is 10.2. The van der Waals surface area contributed by atoms with Gasteiger partial charge in [-0.3, -0.25) is 0 Å². The second-order valence-corrected chi connectivity index (χ2v) is 22.0. The zero-order valence-electron chi connectivity index (χ0n) is 28.3. The van der Waals surface area contributed by atoms with Crippen molar-refractivity contribution in [2.24, 2.45) is 10.8 Å². The zero-order valence-corrected chi connectivity index (χ0v) is 30.1. The second kappa shape index (κ2) is 10.6. The van der Waals surface area contributed by atoms with E-state index in [9.17, 15) is 0 Å². The van der Waals surface area contributed by atoms with Gasteiger partial charge < -0.3 is 0 Å². The van der Waals surface area contributed by atoms with Gasteiger partial charge in [-0.05, 0) is 63.8 Å². The Morgan fingerprint density at radius 2 is 0.717 bits per heavy atom. The molecule has 230 valence electrons. The van der Waals surface area contributed by atoms with Crippen molar-refractivity contribution in [1.29, 1.82) is 0 Å². The lowest BCUT2D eigenvalue weighted by atomic mass is 9.72. The van der Waals surface area contributed by atoms with Crippen LogP contribution in [0, 0.1) is 10.8 Å². The summed E-state index contributed by atoms with van der Waals surface area (Å²) in [5.74, 6) is 0. The highest BCUT2D eigenvalue weighted by Gasteiger charge is 2.75. The Morgan fingerprint density at radius 1 is 0.435 bits per heavy atom. The van der Waals surface area contributed by atoms with Crippen molar-refractivity contribution in [2.45, 2.75) is 41.5 Å². The van der Waals surface area contributed by atoms with Gasteiger partial charge in [0.2, 0.25) is 0 Å². The first kappa shape index (κ1) is 30.1. The van der Waals surface area contributed by atoms with E-state index < -0.39 is 14.5 Å². The average Bonchev–Trinajstić information content (AvgIpc) is 3.71. The molecule has 0 nitrogen and oxygen atoms in total. The van der Waals surface area contributed by atoms with Crippen molar-refractivity contribution in [3.8, 4) is 0 Å². The van der Waals surface area contributed by atoms with Crippen LogP contribution in [0.2, 0.25) is 0 Å². The number of allylic oxidation sites excluding steroid dienone is 6. The van der Waals surface area contributed by atoms with Crippen LogP contribution in [-0.4, -0.2) is 24.6 Å². The molecule has 4 aromatic carbocycles. The van der Waals surface area contributed by atoms with Crippen LogP contribution >= 0.6 is 14.5 Å². The molecule has 46 heavy (non-hydrogen) atoms. The molecule has 4 aliphatic heterocycles. The highest BCUT2D eigenvalue weighted by molar-refractivity contribution is 7.95. The fourth-order valence-corrected chi connectivity index (χ4v) is 22.9. The summed E-state index contributed by atoms with van der Waals surface area (Å²) in [6, 6.07) is 45.8. The maximum atomic E-state index is 2.60. The van der Waals surface area contributed by atoms with Crippen molar-refractivity contribution < 1.29 is 0 Å². The van der Waals surface area contributed by atoms with E-state index in [4.69, 9.17) is 0 Å². The number of hydrogen-bond acceptors (Lipinski definition) is 0. The molecule has 4 aliphatic rings. The van der Waals surface area contributed by atoms with Crippen LogP contribution in [0.5, 0.6) is 0 Å². The maximum absolute atomic E-state index is 2.60. The molecule has 2 heteroatoms. The number of rotatable bonds is 7. The molecule has 0 amide bonds. The number of hydrogen-bond donors (Lipinski definition) is 0. The summed E-state index contributed by atoms with van der Waals surface area (Å²) in [6.45, 7) is 15.3. The molecule has 0 saturated carbocycles. The molecule has 4 aromatic rings. The van der Waals surface area contributed by atoms with Gasteiger partial charge in [-0.1, -0.05) is 121 Å². The van der Waals surface area contributed by atoms with Crippen molar-refractivity contribution in [3.05, 3.63) is 165 Å². The normalized spacial score (nSPS) is 30.0. The molecule has 2 unspecified atom stereocenters. The van der Waals surface area contributed by atoms with Crippen LogP contribution in [0.25, 0.3) is 21.8 Å². The molecule has 4 atom stereocenters. The third-order valence-electron chi connectivity index (χ3n) is 12.4. The molecule has 0 N–H and O–H groups in total. The van der Waals surface area contributed by atoms with Crippen molar-refractivity contribution in [2.75, 3.05) is 24.6 Å². The molecule has 0 aliphatic carbocycles. The third kappa shape index (κ3) is 3.76. The second-order valence-electron chi connectivity index (χ2n) is 14.4. The largest absolute Gasteiger partial charge is 0.141 e. The van der Waals surface area contributed by atoms with E-state index in [-0.39, 0.29) is 10.8 Å². The Labute approximate surface area is 277 Å². The number of fused-ring (bicyclic) bond motifs is 4. The summed E-state index contributed by atoms with van der Waals surface area (Å²) >= 11 is 0. The summed E-state index contributed by atoms with van der Waals surface area (Å²) in [6.07, 6.45) is 5.00. The predicted octanol–water partition coefficient (Wildman–Crippen LogP) is 12.8. The molecule has 0 radical (unpaired) electrons. The van der Waals surface area contributed by atoms with E-state index in [1.54, 1.807) is 32.9 Å². The molecule has 0 fully saturated rings. The van der Waals surface area contributed by atoms with E-state index in [0.717, 1.165) is 0 Å². The highest BCUT2D eigenvalue weighted by atomic mass is 31.2. The molecule has 0 spiro atoms. The molecule has 0 saturated heterocycles. The standard InChI is InChI=1S/C44H46P2/c1-7-45-29-43(5,37(33-21-13-9-14-22-33)41(45)35-25-17-11-18-26-35)31(3)39(45)40-32(4)44(6)30-46(40,8-2)42(36-27-19-12-20-28-36)38(44)34-23-15-10-16-24-34/h9-28H,7-8,29-30H2,1-6H3/q+2/t43-,44-,45?,46?/m1/s1. The monoisotopic (exact) mass is 636 g/mol. The van der Waals surface area contributed by atoms with Crippen molar-refractivity contribution in [1.82, 2.24) is 0 Å². The molecule has 0 aromatic heterocycles. The Balaban J connectivity index is 1.44. The van der Waals surface area contributed by atoms with Crippen LogP contribution in [0.3, 0.4) is 0 Å². The third-order valence-corrected chi connectivity index (χ3v) is 22.5. The first-order valence-corrected chi connectivity index (χ1v) is 21.5. The Bertz CT molecular complexity index is 1840. The summed E-state index contributed by atoms with van der Waals surface area (Å²) in [7, 11) is -3.45. The number of benzene rings is 4. The van der Waals surface area contributed by atoms with Gasteiger partial charge in [-0.15, -0.1) is 0 Å². The van der Waals surface area contributed by atoms with E-state index >= 15 is 0 Å². The molecule has 8 rings (SSSR count). The summed E-state index contributed by atoms with van der Waals surface area (Å²) in [5.41, 5.74) is 12.4. The summed E-state index contributed by atoms with van der Waals surface area (Å²) in [5, 5.41) is 7.05. The summed E-state index contributed by atoms with van der Waals surface area (Å²) in [4.78, 5) is 0. The van der Waals surface area contributed by atoms with Gasteiger partial charge >= 0.3 is 0 Å². The van der Waals surface area contributed by atoms with Crippen LogP contribution in [0.15, 0.2) is 143 Å². The molecule has 4 bridgehead atoms. The van der Waals surface area contributed by atoms with E-state index in [1.165, 1.54) is 46.9 Å². The molecule has 4 heterocycles. The van der Waals surface area contributed by atoms with Crippen LogP contribution in [-0.2, 0) is 0 Å². The Kier molecular flexibility index (Phi) is 6.93. The van der Waals surface area contributed by atoms with E-state index in [1.807, 2.05) is 10.6 Å². The lowest BCUT2D eigenvalue weighted by molar-refractivity contribution is 0.623. The lowest BCUT2D eigenvalue weighted by Crippen LogP contribution is -2.20. The quantitative estimate of drug-likeness (QED) is 0.177. The van der Waals surface area contributed by atoms with Crippen LogP contribution in [0.4, 0.5) is 0 Å². The van der Waals surface area contributed by atoms with Gasteiger partial charge in [0.25, 0.3) is 0 Å². The summed E-state index contributed by atoms with van der Waals surface area (Å²) < 4.78 is 0. The minimum Gasteiger partial charge on any atom is -0.0622 e. The highest BCUT2D eigenvalue weighted by Crippen LogP contribution is 2.98. The van der Waals surface area contributed by atoms with Gasteiger partial charge in [0.1, 0.15) is 21.3 Å². The first-order valence-electron chi connectivity index (χ1n) is 17.2. The predicted molar refractivity (Wildman–Crippen MR) is 206 cm³/mol. The van der Waals surface area contributed by atoms with Gasteiger partial charge in [-0.2, -0.15) is 0 Å². The van der Waals surface area contributed by atoms with Gasteiger partial charge in [0.05, 0.1) is 50.0 Å². The minimum absolute atomic E-state index is 0.0411. The maximum Gasteiger partial charge on any atom is 0.141 e. The Morgan fingerprint density at radius 3 is 1.00 bits per heavy atom. The van der Waals surface area contributed by atoms with Gasteiger partial charge in [0.15, 0.2) is 0 Å². The molecular weight excluding hydrogens is 590 g/mol. The Hall–Kier alpha value is -3.30. The SMILES string of the molecule is CC[P+]12C[C@](C)(C(C)=C1C1=C(C)[C@@]3(C)C[P+]1(CC)C(c1ccccc1)=C3c1ccccc1)C(c1ccccc1)=C2c1ccccc1.